The van der Waals surface area contributed by atoms with Crippen molar-refractivity contribution in [3.05, 3.63) is 0 Å². The van der Waals surface area contributed by atoms with Crippen LogP contribution in [0.25, 0.3) is 0 Å². The van der Waals surface area contributed by atoms with Gasteiger partial charge in [-0.05, 0) is 44.7 Å². The summed E-state index contributed by atoms with van der Waals surface area (Å²) < 4.78 is 5.53. The molecule has 0 aromatic rings. The topological polar surface area (TPSA) is 41.7 Å². The lowest BCUT2D eigenvalue weighted by molar-refractivity contribution is -0.0174. The molecule has 2 aliphatic heterocycles. The third-order valence-corrected chi connectivity index (χ3v) is 4.97. The van der Waals surface area contributed by atoms with E-state index in [1.54, 1.807) is 0 Å². The highest BCUT2D eigenvalue weighted by Gasteiger charge is 2.33. The summed E-state index contributed by atoms with van der Waals surface area (Å²) in [7, 11) is 1.83. The standard InChI is InChI=1S/C16H33N3O/c1-13(2)12-18-7-4-14(5-8-18)19-9-6-16(20-3)10-15(19)11-17/h13-16H,4-12,17H2,1-3H3. The summed E-state index contributed by atoms with van der Waals surface area (Å²) in [4.78, 5) is 5.31. The Morgan fingerprint density at radius 3 is 2.40 bits per heavy atom. The summed E-state index contributed by atoms with van der Waals surface area (Å²) >= 11 is 0. The highest BCUT2D eigenvalue weighted by Crippen LogP contribution is 2.26. The number of methoxy groups -OCH3 is 1. The van der Waals surface area contributed by atoms with E-state index in [-0.39, 0.29) is 0 Å². The Morgan fingerprint density at radius 1 is 1.15 bits per heavy atom. The monoisotopic (exact) mass is 283 g/mol. The summed E-state index contributed by atoms with van der Waals surface area (Å²) in [6, 6.07) is 1.26. The van der Waals surface area contributed by atoms with Crippen LogP contribution in [0.15, 0.2) is 0 Å². The average molecular weight is 283 g/mol. The van der Waals surface area contributed by atoms with Gasteiger partial charge >= 0.3 is 0 Å². The smallest absolute Gasteiger partial charge is 0.0599 e. The van der Waals surface area contributed by atoms with Crippen LogP contribution >= 0.6 is 0 Å². The largest absolute Gasteiger partial charge is 0.381 e. The molecule has 2 fully saturated rings. The van der Waals surface area contributed by atoms with Crippen LogP contribution in [0.5, 0.6) is 0 Å². The van der Waals surface area contributed by atoms with E-state index in [9.17, 15) is 0 Å². The van der Waals surface area contributed by atoms with Gasteiger partial charge in [-0.25, -0.2) is 0 Å². The molecule has 2 aliphatic rings. The lowest BCUT2D eigenvalue weighted by Crippen LogP contribution is -2.55. The maximum Gasteiger partial charge on any atom is 0.0599 e. The van der Waals surface area contributed by atoms with Gasteiger partial charge < -0.3 is 15.4 Å². The summed E-state index contributed by atoms with van der Waals surface area (Å²) in [6.07, 6.45) is 5.31. The molecule has 0 aromatic carbocycles. The maximum atomic E-state index is 6.00. The van der Waals surface area contributed by atoms with Gasteiger partial charge in [0.15, 0.2) is 0 Å². The van der Waals surface area contributed by atoms with Crippen molar-refractivity contribution in [2.75, 3.05) is 39.8 Å². The van der Waals surface area contributed by atoms with E-state index in [0.29, 0.717) is 12.1 Å². The Kier molecular flexibility index (Phi) is 6.27. The Labute approximate surface area is 124 Å². The van der Waals surface area contributed by atoms with Crippen LogP contribution in [0.2, 0.25) is 0 Å². The number of rotatable bonds is 5. The van der Waals surface area contributed by atoms with E-state index in [4.69, 9.17) is 10.5 Å². The van der Waals surface area contributed by atoms with Crippen LogP contribution in [-0.2, 0) is 4.74 Å². The second-order valence-corrected chi connectivity index (χ2v) is 6.94. The molecular weight excluding hydrogens is 250 g/mol. The molecule has 2 saturated heterocycles. The van der Waals surface area contributed by atoms with Gasteiger partial charge in [0.25, 0.3) is 0 Å². The lowest BCUT2D eigenvalue weighted by Gasteiger charge is -2.46. The van der Waals surface area contributed by atoms with Gasteiger partial charge in [-0.1, -0.05) is 13.8 Å². The average Bonchev–Trinajstić information content (AvgIpc) is 2.47. The van der Waals surface area contributed by atoms with E-state index in [1.807, 2.05) is 7.11 Å². The Morgan fingerprint density at radius 2 is 1.85 bits per heavy atom. The van der Waals surface area contributed by atoms with Crippen molar-refractivity contribution in [1.29, 1.82) is 0 Å². The van der Waals surface area contributed by atoms with Gasteiger partial charge in [-0.15, -0.1) is 0 Å². The van der Waals surface area contributed by atoms with Crippen LogP contribution in [0.1, 0.15) is 39.5 Å². The zero-order valence-corrected chi connectivity index (χ0v) is 13.6. The fraction of sp³-hybridized carbons (Fsp3) is 1.00. The van der Waals surface area contributed by atoms with Crippen molar-refractivity contribution >= 4 is 0 Å². The molecule has 2 atom stereocenters. The second-order valence-electron chi connectivity index (χ2n) is 6.94. The summed E-state index contributed by atoms with van der Waals surface area (Å²) in [6.45, 7) is 10.3. The van der Waals surface area contributed by atoms with Gasteiger partial charge in [0, 0.05) is 38.8 Å². The molecule has 4 nitrogen and oxygen atoms in total. The van der Waals surface area contributed by atoms with Crippen molar-refractivity contribution < 1.29 is 4.74 Å². The molecule has 0 aliphatic carbocycles. The molecule has 2 heterocycles. The van der Waals surface area contributed by atoms with Crippen molar-refractivity contribution in [3.63, 3.8) is 0 Å². The molecule has 0 saturated carbocycles. The molecule has 2 N–H and O–H groups in total. The van der Waals surface area contributed by atoms with Gasteiger partial charge in [0.05, 0.1) is 6.10 Å². The molecule has 2 rings (SSSR count). The van der Waals surface area contributed by atoms with Crippen molar-refractivity contribution in [1.82, 2.24) is 9.80 Å². The molecule has 0 bridgehead atoms. The van der Waals surface area contributed by atoms with Gasteiger partial charge in [0.1, 0.15) is 0 Å². The fourth-order valence-electron chi connectivity index (χ4n) is 3.91. The number of hydrogen-bond acceptors (Lipinski definition) is 4. The quantitative estimate of drug-likeness (QED) is 0.831. The van der Waals surface area contributed by atoms with Gasteiger partial charge in [0.2, 0.25) is 0 Å². The van der Waals surface area contributed by atoms with E-state index in [2.05, 4.69) is 23.6 Å². The molecule has 0 amide bonds. The number of nitrogens with zero attached hydrogens (tertiary/aromatic N) is 2. The predicted molar refractivity (Wildman–Crippen MR) is 83.9 cm³/mol. The molecule has 4 heteroatoms. The van der Waals surface area contributed by atoms with Gasteiger partial charge in [-0.2, -0.15) is 0 Å². The summed E-state index contributed by atoms with van der Waals surface area (Å²) in [5, 5.41) is 0. The van der Waals surface area contributed by atoms with E-state index in [0.717, 1.165) is 31.5 Å². The molecule has 0 radical (unpaired) electrons. The number of nitrogens with two attached hydrogens (primary N) is 1. The third kappa shape index (κ3) is 4.17. The first-order valence-electron chi connectivity index (χ1n) is 8.35. The zero-order valence-electron chi connectivity index (χ0n) is 13.6. The van der Waals surface area contributed by atoms with E-state index >= 15 is 0 Å². The minimum Gasteiger partial charge on any atom is -0.381 e. The first-order chi connectivity index (χ1) is 9.63. The first kappa shape index (κ1) is 16.2. The van der Waals surface area contributed by atoms with Gasteiger partial charge in [-0.3, -0.25) is 4.90 Å². The van der Waals surface area contributed by atoms with Crippen LogP contribution in [0.4, 0.5) is 0 Å². The van der Waals surface area contributed by atoms with Crippen LogP contribution < -0.4 is 5.73 Å². The summed E-state index contributed by atoms with van der Waals surface area (Å²) in [5.74, 6) is 0.779. The number of piperidine rings is 2. The lowest BCUT2D eigenvalue weighted by atomic mass is 9.93. The van der Waals surface area contributed by atoms with Crippen LogP contribution in [0.3, 0.4) is 0 Å². The highest BCUT2D eigenvalue weighted by molar-refractivity contribution is 4.89. The highest BCUT2D eigenvalue weighted by atomic mass is 16.5. The van der Waals surface area contributed by atoms with Crippen molar-refractivity contribution in [3.8, 4) is 0 Å². The fourth-order valence-corrected chi connectivity index (χ4v) is 3.91. The Hall–Kier alpha value is -0.160. The molecule has 0 spiro atoms. The summed E-state index contributed by atoms with van der Waals surface area (Å²) in [5.41, 5.74) is 6.00. The molecular formula is C16H33N3O. The zero-order chi connectivity index (χ0) is 14.5. The first-order valence-corrected chi connectivity index (χ1v) is 8.35. The minimum absolute atomic E-state index is 0.417. The molecule has 20 heavy (non-hydrogen) atoms. The number of hydrogen-bond donors (Lipinski definition) is 1. The Bertz CT molecular complexity index is 277. The third-order valence-electron chi connectivity index (χ3n) is 4.97. The molecule has 2 unspecified atom stereocenters. The second kappa shape index (κ2) is 7.74. The SMILES string of the molecule is COC1CCN(C2CCN(CC(C)C)CC2)C(CN)C1. The van der Waals surface area contributed by atoms with E-state index < -0.39 is 0 Å². The van der Waals surface area contributed by atoms with Crippen molar-refractivity contribution in [2.24, 2.45) is 11.7 Å². The predicted octanol–water partition coefficient (Wildman–Crippen LogP) is 1.54. The van der Waals surface area contributed by atoms with E-state index in [1.165, 1.54) is 38.9 Å². The Balaban J connectivity index is 1.83. The number of likely N-dealkylation sites (tertiary alicyclic amines) is 2. The molecule has 118 valence electrons. The number of ether oxygens (including phenoxy) is 1. The van der Waals surface area contributed by atoms with Crippen molar-refractivity contribution in [2.45, 2.75) is 57.7 Å². The minimum atomic E-state index is 0.417. The normalized spacial score (nSPS) is 31.1. The van der Waals surface area contributed by atoms with Crippen LogP contribution in [-0.4, -0.2) is 67.8 Å². The maximum absolute atomic E-state index is 6.00. The van der Waals surface area contributed by atoms with Crippen LogP contribution in [0, 0.1) is 5.92 Å². The molecule has 0 aromatic heterocycles.